The van der Waals surface area contributed by atoms with Gasteiger partial charge in [-0.2, -0.15) is 0 Å². The van der Waals surface area contributed by atoms with Gasteiger partial charge in [0.2, 0.25) is 15.9 Å². The van der Waals surface area contributed by atoms with Gasteiger partial charge in [0.25, 0.3) is 0 Å². The zero-order valence-corrected chi connectivity index (χ0v) is 15.2. The van der Waals surface area contributed by atoms with E-state index in [0.29, 0.717) is 5.82 Å². The van der Waals surface area contributed by atoms with Gasteiger partial charge in [-0.05, 0) is 36.8 Å². The van der Waals surface area contributed by atoms with Crippen LogP contribution in [-0.2, 0) is 21.2 Å². The van der Waals surface area contributed by atoms with E-state index in [0.717, 1.165) is 5.69 Å². The van der Waals surface area contributed by atoms with Crippen molar-refractivity contribution >= 4 is 21.6 Å². The van der Waals surface area contributed by atoms with E-state index in [-0.39, 0.29) is 28.1 Å². The smallest absolute Gasteiger partial charge is 0.238 e. The monoisotopic (exact) mass is 388 g/mol. The number of halogens is 1. The predicted octanol–water partition coefficient (Wildman–Crippen LogP) is 2.35. The number of aromatic nitrogens is 2. The fourth-order valence-electron chi connectivity index (χ4n) is 2.60. The van der Waals surface area contributed by atoms with E-state index in [1.165, 1.54) is 36.4 Å². The number of nitrogens with zero attached hydrogens (tertiary/aromatic N) is 1. The van der Waals surface area contributed by atoms with Gasteiger partial charge in [-0.3, -0.25) is 4.79 Å². The van der Waals surface area contributed by atoms with E-state index in [9.17, 15) is 17.6 Å². The van der Waals surface area contributed by atoms with Gasteiger partial charge in [0.15, 0.2) is 0 Å². The van der Waals surface area contributed by atoms with Crippen LogP contribution >= 0.6 is 0 Å². The van der Waals surface area contributed by atoms with Crippen LogP contribution < -0.4 is 10.5 Å². The highest BCUT2D eigenvalue weighted by Crippen LogP contribution is 2.27. The Kier molecular flexibility index (Phi) is 5.06. The highest BCUT2D eigenvalue weighted by Gasteiger charge is 2.19. The fraction of sp³-hybridized carbons (Fsp3) is 0.111. The van der Waals surface area contributed by atoms with Crippen molar-refractivity contribution in [3.05, 3.63) is 65.7 Å². The van der Waals surface area contributed by atoms with Gasteiger partial charge in [0, 0.05) is 23.1 Å². The van der Waals surface area contributed by atoms with Crippen LogP contribution in [0.4, 0.5) is 10.1 Å². The van der Waals surface area contributed by atoms with Gasteiger partial charge < -0.3 is 10.3 Å². The lowest BCUT2D eigenvalue weighted by atomic mass is 10.1. The number of sulfonamides is 1. The maximum absolute atomic E-state index is 13.7. The number of carbonyl (C=O) groups excluding carboxylic acids is 1. The maximum atomic E-state index is 13.7. The third-order valence-electron chi connectivity index (χ3n) is 3.84. The van der Waals surface area contributed by atoms with E-state index in [4.69, 9.17) is 5.14 Å². The third-order valence-corrected chi connectivity index (χ3v) is 4.79. The number of primary sulfonamides is 1. The van der Waals surface area contributed by atoms with Crippen molar-refractivity contribution in [3.63, 3.8) is 0 Å². The van der Waals surface area contributed by atoms with Crippen molar-refractivity contribution in [1.82, 2.24) is 9.97 Å². The van der Waals surface area contributed by atoms with Gasteiger partial charge in [0.05, 0.1) is 11.3 Å². The molecule has 0 aliphatic carbocycles. The lowest BCUT2D eigenvalue weighted by Gasteiger charge is -2.10. The van der Waals surface area contributed by atoms with Crippen molar-refractivity contribution in [1.29, 1.82) is 0 Å². The first-order valence-electron chi connectivity index (χ1n) is 7.96. The Morgan fingerprint density at radius 1 is 1.26 bits per heavy atom. The van der Waals surface area contributed by atoms with Crippen molar-refractivity contribution < 1.29 is 17.6 Å². The molecule has 140 valence electrons. The molecule has 7 nitrogen and oxygen atoms in total. The summed E-state index contributed by atoms with van der Waals surface area (Å²) in [5.74, 6) is -0.621. The number of carbonyl (C=O) groups is 1. The first kappa shape index (κ1) is 18.7. The van der Waals surface area contributed by atoms with Crippen LogP contribution in [0.2, 0.25) is 0 Å². The van der Waals surface area contributed by atoms with Crippen LogP contribution in [0, 0.1) is 12.7 Å². The van der Waals surface area contributed by atoms with Crippen molar-refractivity contribution in [3.8, 4) is 11.4 Å². The third kappa shape index (κ3) is 4.39. The molecular formula is C18H17FN4O3S. The van der Waals surface area contributed by atoms with Crippen LogP contribution in [0.25, 0.3) is 11.4 Å². The normalized spacial score (nSPS) is 11.4. The van der Waals surface area contributed by atoms with E-state index < -0.39 is 21.7 Å². The number of amides is 1. The Morgan fingerprint density at radius 2 is 2.00 bits per heavy atom. The number of nitrogens with one attached hydrogen (secondary N) is 2. The molecule has 0 fully saturated rings. The number of H-pyrrole nitrogens is 1. The van der Waals surface area contributed by atoms with E-state index in [2.05, 4.69) is 15.3 Å². The zero-order chi connectivity index (χ0) is 19.6. The fourth-order valence-corrected chi connectivity index (χ4v) is 3.36. The minimum absolute atomic E-state index is 0.180. The number of anilines is 1. The van der Waals surface area contributed by atoms with E-state index in [1.807, 2.05) is 0 Å². The number of imidazole rings is 1. The minimum Gasteiger partial charge on any atom is -0.342 e. The molecule has 9 heteroatoms. The number of hydrogen-bond acceptors (Lipinski definition) is 4. The van der Waals surface area contributed by atoms with Crippen molar-refractivity contribution in [2.45, 2.75) is 18.2 Å². The molecule has 27 heavy (non-hydrogen) atoms. The van der Waals surface area contributed by atoms with Gasteiger partial charge in [-0.25, -0.2) is 22.9 Å². The van der Waals surface area contributed by atoms with Crippen LogP contribution in [0.3, 0.4) is 0 Å². The topological polar surface area (TPSA) is 118 Å². The van der Waals surface area contributed by atoms with Crippen LogP contribution in [0.1, 0.15) is 11.3 Å². The first-order chi connectivity index (χ1) is 12.7. The van der Waals surface area contributed by atoms with E-state index >= 15 is 0 Å². The summed E-state index contributed by atoms with van der Waals surface area (Å²) < 4.78 is 37.6. The molecule has 4 N–H and O–H groups in total. The lowest BCUT2D eigenvalue weighted by molar-refractivity contribution is -0.115. The summed E-state index contributed by atoms with van der Waals surface area (Å²) in [6, 6.07) is 10.2. The van der Waals surface area contributed by atoms with E-state index in [1.54, 1.807) is 19.2 Å². The van der Waals surface area contributed by atoms with Crippen LogP contribution in [-0.4, -0.2) is 24.3 Å². The second-order valence-corrected chi connectivity index (χ2v) is 7.52. The molecule has 3 aromatic rings. The van der Waals surface area contributed by atoms with Crippen molar-refractivity contribution in [2.75, 3.05) is 5.32 Å². The Balaban J connectivity index is 1.89. The zero-order valence-electron chi connectivity index (χ0n) is 14.4. The van der Waals surface area contributed by atoms with Gasteiger partial charge >= 0.3 is 0 Å². The van der Waals surface area contributed by atoms with Gasteiger partial charge in [-0.1, -0.05) is 18.2 Å². The molecule has 2 aromatic carbocycles. The number of nitrogens with two attached hydrogens (primary N) is 1. The summed E-state index contributed by atoms with van der Waals surface area (Å²) in [7, 11) is -4.07. The highest BCUT2D eigenvalue weighted by atomic mass is 32.2. The lowest BCUT2D eigenvalue weighted by Crippen LogP contribution is -2.17. The first-order valence-corrected chi connectivity index (χ1v) is 9.51. The number of hydrogen-bond donors (Lipinski definition) is 3. The molecule has 0 spiro atoms. The molecule has 0 saturated carbocycles. The minimum atomic E-state index is -4.07. The van der Waals surface area contributed by atoms with Gasteiger partial charge in [-0.15, -0.1) is 0 Å². The molecular weight excluding hydrogens is 371 g/mol. The average molecular weight is 388 g/mol. The molecule has 0 unspecified atom stereocenters. The molecule has 0 saturated heterocycles. The average Bonchev–Trinajstić information content (AvgIpc) is 3.02. The standard InChI is InChI=1S/C18H17FN4O3S/c1-11-10-21-18(22-11)14-7-6-13(9-16(14)27(20,25)26)23-17(24)8-12-4-2-3-5-15(12)19/h2-7,9-10H,8H2,1H3,(H,21,22)(H,23,24)(H2,20,25,26). The molecule has 1 heterocycles. The largest absolute Gasteiger partial charge is 0.342 e. The number of aromatic amines is 1. The molecule has 0 radical (unpaired) electrons. The summed E-state index contributed by atoms with van der Waals surface area (Å²) in [6.45, 7) is 1.78. The van der Waals surface area contributed by atoms with Crippen molar-refractivity contribution in [2.24, 2.45) is 5.14 Å². The molecule has 0 atom stereocenters. The summed E-state index contributed by atoms with van der Waals surface area (Å²) >= 11 is 0. The highest BCUT2D eigenvalue weighted by molar-refractivity contribution is 7.89. The SMILES string of the molecule is Cc1cnc(-c2ccc(NC(=O)Cc3ccccc3F)cc2S(N)(=O)=O)[nH]1. The number of benzene rings is 2. The molecule has 0 aliphatic rings. The van der Waals surface area contributed by atoms with Crippen LogP contribution in [0.5, 0.6) is 0 Å². The number of rotatable bonds is 5. The molecule has 0 aliphatic heterocycles. The molecule has 0 bridgehead atoms. The summed E-state index contributed by atoms with van der Waals surface area (Å²) in [5.41, 5.74) is 1.52. The Hall–Kier alpha value is -3.04. The molecule has 3 rings (SSSR count). The second-order valence-electron chi connectivity index (χ2n) is 5.99. The predicted molar refractivity (Wildman–Crippen MR) is 98.9 cm³/mol. The quantitative estimate of drug-likeness (QED) is 0.622. The summed E-state index contributed by atoms with van der Waals surface area (Å²) in [6.07, 6.45) is 1.38. The molecule has 1 amide bonds. The number of aryl methyl sites for hydroxylation is 1. The Labute approximate surface area is 155 Å². The second kappa shape index (κ2) is 7.29. The van der Waals surface area contributed by atoms with Gasteiger partial charge in [0.1, 0.15) is 11.6 Å². The summed E-state index contributed by atoms with van der Waals surface area (Å²) in [4.78, 5) is 19.1. The van der Waals surface area contributed by atoms with Crippen LogP contribution in [0.15, 0.2) is 53.6 Å². The molecule has 1 aromatic heterocycles. The Morgan fingerprint density at radius 3 is 2.63 bits per heavy atom. The summed E-state index contributed by atoms with van der Waals surface area (Å²) in [5, 5.41) is 7.87. The Bertz CT molecular complexity index is 1110. The maximum Gasteiger partial charge on any atom is 0.238 e.